The highest BCUT2D eigenvalue weighted by atomic mass is 16.1. The van der Waals surface area contributed by atoms with Crippen LogP contribution in [-0.4, -0.2) is 19.9 Å². The number of carbonyl (C=O) groups excluding carboxylic acids is 1. The fraction of sp³-hybridized carbons (Fsp3) is 0.250. The second-order valence-corrected chi connectivity index (χ2v) is 6.17. The molecular formula is C20H21N3O2. The van der Waals surface area contributed by atoms with Gasteiger partial charge in [-0.1, -0.05) is 37.3 Å². The normalized spacial score (nSPS) is 10.8. The van der Waals surface area contributed by atoms with Gasteiger partial charge in [0.15, 0.2) is 5.78 Å². The average molecular weight is 335 g/mol. The molecule has 0 aliphatic rings. The molecular weight excluding hydrogens is 314 g/mol. The third kappa shape index (κ3) is 3.45. The molecule has 5 nitrogen and oxygen atoms in total. The third-order valence-corrected chi connectivity index (χ3v) is 4.20. The summed E-state index contributed by atoms with van der Waals surface area (Å²) in [5.41, 5.74) is 3.02. The Morgan fingerprint density at radius 1 is 1.16 bits per heavy atom. The van der Waals surface area contributed by atoms with E-state index in [1.54, 1.807) is 30.9 Å². The van der Waals surface area contributed by atoms with Gasteiger partial charge in [0.25, 0.3) is 5.56 Å². The molecule has 0 saturated heterocycles. The number of aromatic nitrogens is 3. The smallest absolute Gasteiger partial charge is 0.253 e. The highest BCUT2D eigenvalue weighted by Crippen LogP contribution is 2.21. The molecule has 0 bridgehead atoms. The SMILES string of the molecule is CCC(=O)c1cn(Cc2ccccc2)c(-c2cc(C)c(=O)n(C)c2)n1. The maximum atomic E-state index is 12.1. The molecule has 0 aliphatic carbocycles. The summed E-state index contributed by atoms with van der Waals surface area (Å²) >= 11 is 0. The van der Waals surface area contributed by atoms with Crippen LogP contribution in [0.15, 0.2) is 53.6 Å². The average Bonchev–Trinajstić information content (AvgIpc) is 3.03. The largest absolute Gasteiger partial charge is 0.326 e. The third-order valence-electron chi connectivity index (χ3n) is 4.20. The second-order valence-electron chi connectivity index (χ2n) is 6.17. The number of nitrogens with zero attached hydrogens (tertiary/aromatic N) is 3. The first-order valence-corrected chi connectivity index (χ1v) is 8.31. The highest BCUT2D eigenvalue weighted by Gasteiger charge is 2.16. The van der Waals surface area contributed by atoms with Crippen molar-refractivity contribution in [1.82, 2.24) is 14.1 Å². The van der Waals surface area contributed by atoms with E-state index in [1.165, 1.54) is 0 Å². The van der Waals surface area contributed by atoms with Gasteiger partial charge in [0.2, 0.25) is 0 Å². The van der Waals surface area contributed by atoms with Gasteiger partial charge in [-0.05, 0) is 18.6 Å². The molecule has 128 valence electrons. The van der Waals surface area contributed by atoms with Gasteiger partial charge >= 0.3 is 0 Å². The Morgan fingerprint density at radius 2 is 1.88 bits per heavy atom. The fourth-order valence-electron chi connectivity index (χ4n) is 2.86. The predicted octanol–water partition coefficient (Wildman–Crippen LogP) is 3.20. The van der Waals surface area contributed by atoms with E-state index in [0.29, 0.717) is 30.0 Å². The first-order valence-electron chi connectivity index (χ1n) is 8.31. The number of hydrogen-bond donors (Lipinski definition) is 0. The van der Waals surface area contributed by atoms with Crippen LogP contribution in [0.4, 0.5) is 0 Å². The molecule has 0 atom stereocenters. The minimum absolute atomic E-state index is 0.00889. The quantitative estimate of drug-likeness (QED) is 0.673. The van der Waals surface area contributed by atoms with Gasteiger partial charge in [0.1, 0.15) is 11.5 Å². The van der Waals surface area contributed by atoms with E-state index in [4.69, 9.17) is 0 Å². The summed E-state index contributed by atoms with van der Waals surface area (Å²) in [5, 5.41) is 0. The van der Waals surface area contributed by atoms with Gasteiger partial charge in [-0.3, -0.25) is 9.59 Å². The Hall–Kier alpha value is -2.95. The Labute approximate surface area is 146 Å². The summed E-state index contributed by atoms with van der Waals surface area (Å²) < 4.78 is 3.52. The molecule has 0 radical (unpaired) electrons. The van der Waals surface area contributed by atoms with Crippen LogP contribution in [0.3, 0.4) is 0 Å². The molecule has 3 aromatic rings. The molecule has 0 fully saturated rings. The lowest BCUT2D eigenvalue weighted by molar-refractivity contribution is 0.0984. The number of ketones is 1. The van der Waals surface area contributed by atoms with Crippen LogP contribution in [0, 0.1) is 6.92 Å². The number of benzene rings is 1. The topological polar surface area (TPSA) is 56.9 Å². The van der Waals surface area contributed by atoms with Crippen LogP contribution >= 0.6 is 0 Å². The van der Waals surface area contributed by atoms with Gasteiger partial charge in [-0.15, -0.1) is 0 Å². The summed E-state index contributed by atoms with van der Waals surface area (Å²) in [6, 6.07) is 11.8. The van der Waals surface area contributed by atoms with Crippen molar-refractivity contribution in [1.29, 1.82) is 0 Å². The predicted molar refractivity (Wildman–Crippen MR) is 97.8 cm³/mol. The summed E-state index contributed by atoms with van der Waals surface area (Å²) in [6.45, 7) is 4.23. The monoisotopic (exact) mass is 335 g/mol. The molecule has 0 saturated carbocycles. The molecule has 5 heteroatoms. The van der Waals surface area contributed by atoms with Gasteiger partial charge in [-0.2, -0.15) is 0 Å². The molecule has 0 N–H and O–H groups in total. The zero-order chi connectivity index (χ0) is 18.0. The second kappa shape index (κ2) is 6.89. The van der Waals surface area contributed by atoms with Crippen molar-refractivity contribution in [3.8, 4) is 11.4 Å². The van der Waals surface area contributed by atoms with Crippen LogP contribution in [0.2, 0.25) is 0 Å². The summed E-state index contributed by atoms with van der Waals surface area (Å²) in [6.07, 6.45) is 3.97. The Morgan fingerprint density at radius 3 is 2.52 bits per heavy atom. The van der Waals surface area contributed by atoms with E-state index >= 15 is 0 Å². The van der Waals surface area contributed by atoms with E-state index in [1.807, 2.05) is 47.9 Å². The first-order chi connectivity index (χ1) is 12.0. The Balaban J connectivity index is 2.12. The van der Waals surface area contributed by atoms with Gasteiger partial charge < -0.3 is 9.13 Å². The lowest BCUT2D eigenvalue weighted by Crippen LogP contribution is -2.18. The number of carbonyl (C=O) groups is 1. The summed E-state index contributed by atoms with van der Waals surface area (Å²) in [4.78, 5) is 28.6. The van der Waals surface area contributed by atoms with Crippen molar-refractivity contribution < 1.29 is 4.79 Å². The number of rotatable bonds is 5. The van der Waals surface area contributed by atoms with Gasteiger partial charge in [0, 0.05) is 43.5 Å². The minimum atomic E-state index is -0.0326. The standard InChI is InChI=1S/C20H21N3O2/c1-4-18(24)17-13-23(11-15-8-6-5-7-9-15)19(21-17)16-10-14(2)20(25)22(3)12-16/h5-10,12-13H,4,11H2,1-3H3. The van der Waals surface area contributed by atoms with E-state index in [2.05, 4.69) is 4.98 Å². The molecule has 2 heterocycles. The number of imidazole rings is 1. The van der Waals surface area contributed by atoms with Crippen LogP contribution in [0.5, 0.6) is 0 Å². The summed E-state index contributed by atoms with van der Waals surface area (Å²) in [7, 11) is 1.72. The Bertz CT molecular complexity index is 942. The van der Waals surface area contributed by atoms with Crippen molar-refractivity contribution >= 4 is 5.78 Å². The molecule has 0 amide bonds. The van der Waals surface area contributed by atoms with Crippen molar-refractivity contribution in [2.24, 2.45) is 7.05 Å². The van der Waals surface area contributed by atoms with Gasteiger partial charge in [0.05, 0.1) is 0 Å². The maximum absolute atomic E-state index is 12.1. The molecule has 3 rings (SSSR count). The maximum Gasteiger partial charge on any atom is 0.253 e. The fourth-order valence-corrected chi connectivity index (χ4v) is 2.86. The molecule has 2 aromatic heterocycles. The molecule has 0 spiro atoms. The highest BCUT2D eigenvalue weighted by molar-refractivity contribution is 5.94. The number of pyridine rings is 1. The zero-order valence-electron chi connectivity index (χ0n) is 14.7. The van der Waals surface area contributed by atoms with E-state index < -0.39 is 0 Å². The van der Waals surface area contributed by atoms with E-state index in [9.17, 15) is 9.59 Å². The van der Waals surface area contributed by atoms with E-state index in [0.717, 1.165) is 11.1 Å². The van der Waals surface area contributed by atoms with Gasteiger partial charge in [-0.25, -0.2) is 4.98 Å². The van der Waals surface area contributed by atoms with Crippen molar-refractivity contribution in [3.63, 3.8) is 0 Å². The van der Waals surface area contributed by atoms with Crippen LogP contribution in [-0.2, 0) is 13.6 Å². The van der Waals surface area contributed by atoms with Crippen molar-refractivity contribution in [2.45, 2.75) is 26.8 Å². The number of aryl methyl sites for hydroxylation is 2. The number of hydrogen-bond acceptors (Lipinski definition) is 3. The Kier molecular flexibility index (Phi) is 4.65. The molecule has 0 unspecified atom stereocenters. The molecule has 1 aromatic carbocycles. The van der Waals surface area contributed by atoms with Crippen LogP contribution < -0.4 is 5.56 Å². The number of Topliss-reactive ketones (excluding diaryl/α,β-unsaturated/α-hetero) is 1. The van der Waals surface area contributed by atoms with Crippen LogP contribution in [0.1, 0.15) is 35.0 Å². The van der Waals surface area contributed by atoms with E-state index in [-0.39, 0.29) is 11.3 Å². The minimum Gasteiger partial charge on any atom is -0.326 e. The van der Waals surface area contributed by atoms with Crippen LogP contribution in [0.25, 0.3) is 11.4 Å². The lowest BCUT2D eigenvalue weighted by Gasteiger charge is -2.10. The molecule has 0 aliphatic heterocycles. The van der Waals surface area contributed by atoms with Crippen molar-refractivity contribution in [2.75, 3.05) is 0 Å². The molecule has 25 heavy (non-hydrogen) atoms. The lowest BCUT2D eigenvalue weighted by atomic mass is 10.2. The first kappa shape index (κ1) is 16.9. The summed E-state index contributed by atoms with van der Waals surface area (Å²) in [5.74, 6) is 0.703. The van der Waals surface area contributed by atoms with Crippen molar-refractivity contribution in [3.05, 3.63) is 76.0 Å². The zero-order valence-corrected chi connectivity index (χ0v) is 14.7.